The fourth-order valence-corrected chi connectivity index (χ4v) is 2.20. The minimum atomic E-state index is -0.410. The zero-order valence-corrected chi connectivity index (χ0v) is 11.5. The highest BCUT2D eigenvalue weighted by molar-refractivity contribution is 5.84. The summed E-state index contributed by atoms with van der Waals surface area (Å²) in [6.45, 7) is 0.450. The predicted molar refractivity (Wildman–Crippen MR) is 76.9 cm³/mol. The van der Waals surface area contributed by atoms with Crippen LogP contribution < -0.4 is 9.64 Å². The van der Waals surface area contributed by atoms with E-state index in [0.29, 0.717) is 24.1 Å². The van der Waals surface area contributed by atoms with E-state index in [1.807, 2.05) is 24.3 Å². The second kappa shape index (κ2) is 6.19. The third kappa shape index (κ3) is 2.79. The van der Waals surface area contributed by atoms with E-state index in [-0.39, 0.29) is 0 Å². The second-order valence-electron chi connectivity index (χ2n) is 4.46. The van der Waals surface area contributed by atoms with E-state index >= 15 is 0 Å². The molecule has 0 radical (unpaired) electrons. The molecule has 0 saturated heterocycles. The minimum absolute atomic E-state index is 0.299. The molecule has 0 N–H and O–H groups in total. The van der Waals surface area contributed by atoms with Crippen LogP contribution in [-0.4, -0.2) is 20.4 Å². The lowest BCUT2D eigenvalue weighted by molar-refractivity contribution is 0.112. The molecule has 0 fully saturated rings. The van der Waals surface area contributed by atoms with Gasteiger partial charge in [-0.3, -0.25) is 4.79 Å². The molecule has 0 amide bonds. The number of carbonyl (C=O) groups excluding carboxylic acids is 1. The van der Waals surface area contributed by atoms with E-state index in [1.165, 1.54) is 12.1 Å². The second-order valence-corrected chi connectivity index (χ2v) is 4.46. The summed E-state index contributed by atoms with van der Waals surface area (Å²) in [6, 6.07) is 12.0. The Morgan fingerprint density at radius 3 is 2.65 bits per heavy atom. The number of para-hydroxylation sites is 2. The average molecular weight is 273 g/mol. The highest BCUT2D eigenvalue weighted by Gasteiger charge is 2.14. The van der Waals surface area contributed by atoms with Crippen LogP contribution in [-0.2, 0) is 6.54 Å². The molecule has 0 atom stereocenters. The van der Waals surface area contributed by atoms with Gasteiger partial charge in [0, 0.05) is 24.7 Å². The Labute approximate surface area is 117 Å². The molecule has 2 rings (SSSR count). The Balaban J connectivity index is 2.33. The molecule has 0 bridgehead atoms. The Kier molecular flexibility index (Phi) is 4.35. The van der Waals surface area contributed by atoms with E-state index < -0.39 is 5.82 Å². The van der Waals surface area contributed by atoms with Gasteiger partial charge in [0.1, 0.15) is 11.6 Å². The summed E-state index contributed by atoms with van der Waals surface area (Å²) in [6.07, 6.45) is 0.664. The van der Waals surface area contributed by atoms with Crippen molar-refractivity contribution in [2.24, 2.45) is 0 Å². The van der Waals surface area contributed by atoms with Crippen LogP contribution in [0, 0.1) is 5.82 Å². The first-order chi connectivity index (χ1) is 9.67. The van der Waals surface area contributed by atoms with Gasteiger partial charge in [0.25, 0.3) is 0 Å². The Morgan fingerprint density at radius 2 is 1.95 bits per heavy atom. The van der Waals surface area contributed by atoms with Gasteiger partial charge in [-0.15, -0.1) is 0 Å². The van der Waals surface area contributed by atoms with Crippen molar-refractivity contribution in [1.29, 1.82) is 0 Å². The zero-order chi connectivity index (χ0) is 14.5. The lowest BCUT2D eigenvalue weighted by Gasteiger charge is -2.22. The maximum Gasteiger partial charge on any atom is 0.152 e. The first-order valence-electron chi connectivity index (χ1n) is 6.24. The van der Waals surface area contributed by atoms with Crippen molar-refractivity contribution in [3.05, 3.63) is 59.4 Å². The summed E-state index contributed by atoms with van der Waals surface area (Å²) in [7, 11) is 3.34. The lowest BCUT2D eigenvalue weighted by atomic mass is 10.1. The maximum absolute atomic E-state index is 13.9. The third-order valence-electron chi connectivity index (χ3n) is 3.13. The first kappa shape index (κ1) is 14.1. The summed E-state index contributed by atoms with van der Waals surface area (Å²) in [5, 5.41) is 0. The number of hydrogen-bond acceptors (Lipinski definition) is 3. The number of carbonyl (C=O) groups is 1. The summed E-state index contributed by atoms with van der Waals surface area (Å²) in [4.78, 5) is 12.7. The van der Waals surface area contributed by atoms with Crippen LogP contribution in [0.2, 0.25) is 0 Å². The number of ether oxygens (including phenoxy) is 1. The first-order valence-corrected chi connectivity index (χ1v) is 6.24. The van der Waals surface area contributed by atoms with Crippen molar-refractivity contribution >= 4 is 12.0 Å². The molecular formula is C16H16FNO2. The number of aldehydes is 1. The topological polar surface area (TPSA) is 29.5 Å². The summed E-state index contributed by atoms with van der Waals surface area (Å²) < 4.78 is 19.2. The van der Waals surface area contributed by atoms with Gasteiger partial charge < -0.3 is 9.64 Å². The van der Waals surface area contributed by atoms with Gasteiger partial charge in [-0.1, -0.05) is 24.3 Å². The molecule has 0 spiro atoms. The number of halogens is 1. The number of benzene rings is 2. The van der Waals surface area contributed by atoms with Gasteiger partial charge in [0.2, 0.25) is 0 Å². The molecule has 104 valence electrons. The van der Waals surface area contributed by atoms with Gasteiger partial charge in [0.05, 0.1) is 12.8 Å². The Bertz CT molecular complexity index is 613. The standard InChI is InChI=1S/C16H16FNO2/c1-18(10-12-6-3-4-9-15(12)20-2)16-13(11-19)7-5-8-14(16)17/h3-9,11H,10H2,1-2H3. The molecule has 0 aliphatic carbocycles. The molecule has 3 nitrogen and oxygen atoms in total. The Morgan fingerprint density at radius 1 is 1.20 bits per heavy atom. The van der Waals surface area contributed by atoms with E-state index in [1.54, 1.807) is 25.1 Å². The van der Waals surface area contributed by atoms with Crippen molar-refractivity contribution in [2.45, 2.75) is 6.54 Å². The molecule has 20 heavy (non-hydrogen) atoms. The molecular weight excluding hydrogens is 257 g/mol. The van der Waals surface area contributed by atoms with Crippen LogP contribution in [0.3, 0.4) is 0 Å². The molecule has 0 aliphatic rings. The Hall–Kier alpha value is -2.36. The fraction of sp³-hybridized carbons (Fsp3) is 0.188. The lowest BCUT2D eigenvalue weighted by Crippen LogP contribution is -2.19. The largest absolute Gasteiger partial charge is 0.496 e. The molecule has 4 heteroatoms. The van der Waals surface area contributed by atoms with Gasteiger partial charge in [-0.2, -0.15) is 0 Å². The number of hydrogen-bond donors (Lipinski definition) is 0. The minimum Gasteiger partial charge on any atom is -0.496 e. The van der Waals surface area contributed by atoms with Crippen LogP contribution in [0.4, 0.5) is 10.1 Å². The number of anilines is 1. The van der Waals surface area contributed by atoms with Crippen LogP contribution in [0.25, 0.3) is 0 Å². The number of rotatable bonds is 5. The predicted octanol–water partition coefficient (Wildman–Crippen LogP) is 3.28. The average Bonchev–Trinajstić information content (AvgIpc) is 2.47. The number of methoxy groups -OCH3 is 1. The highest BCUT2D eigenvalue weighted by Crippen LogP contribution is 2.26. The van der Waals surface area contributed by atoms with E-state index in [9.17, 15) is 9.18 Å². The van der Waals surface area contributed by atoms with Gasteiger partial charge in [-0.25, -0.2) is 4.39 Å². The normalized spacial score (nSPS) is 10.2. The van der Waals surface area contributed by atoms with Crippen molar-refractivity contribution in [3.8, 4) is 5.75 Å². The SMILES string of the molecule is COc1ccccc1CN(C)c1c(F)cccc1C=O. The number of nitrogens with zero attached hydrogens (tertiary/aromatic N) is 1. The van der Waals surface area contributed by atoms with E-state index in [0.717, 1.165) is 11.3 Å². The van der Waals surface area contributed by atoms with E-state index in [2.05, 4.69) is 0 Å². The van der Waals surface area contributed by atoms with Crippen LogP contribution in [0.15, 0.2) is 42.5 Å². The molecule has 0 saturated carbocycles. The zero-order valence-electron chi connectivity index (χ0n) is 11.5. The van der Waals surface area contributed by atoms with Crippen molar-refractivity contribution in [3.63, 3.8) is 0 Å². The molecule has 0 aromatic heterocycles. The molecule has 0 heterocycles. The van der Waals surface area contributed by atoms with Gasteiger partial charge in [-0.05, 0) is 18.2 Å². The third-order valence-corrected chi connectivity index (χ3v) is 3.13. The van der Waals surface area contributed by atoms with Crippen LogP contribution >= 0.6 is 0 Å². The van der Waals surface area contributed by atoms with Crippen molar-refractivity contribution in [1.82, 2.24) is 0 Å². The fourth-order valence-electron chi connectivity index (χ4n) is 2.20. The monoisotopic (exact) mass is 273 g/mol. The van der Waals surface area contributed by atoms with Crippen LogP contribution in [0.5, 0.6) is 5.75 Å². The molecule has 2 aromatic rings. The molecule has 2 aromatic carbocycles. The van der Waals surface area contributed by atoms with Crippen molar-refractivity contribution < 1.29 is 13.9 Å². The highest BCUT2D eigenvalue weighted by atomic mass is 19.1. The quantitative estimate of drug-likeness (QED) is 0.783. The van der Waals surface area contributed by atoms with E-state index in [4.69, 9.17) is 4.74 Å². The van der Waals surface area contributed by atoms with Gasteiger partial charge in [0.15, 0.2) is 6.29 Å². The smallest absolute Gasteiger partial charge is 0.152 e. The van der Waals surface area contributed by atoms with Gasteiger partial charge >= 0.3 is 0 Å². The van der Waals surface area contributed by atoms with Crippen molar-refractivity contribution in [2.75, 3.05) is 19.1 Å². The summed E-state index contributed by atoms with van der Waals surface area (Å²) >= 11 is 0. The molecule has 0 aliphatic heterocycles. The molecule has 0 unspecified atom stereocenters. The maximum atomic E-state index is 13.9. The summed E-state index contributed by atoms with van der Waals surface area (Å²) in [5.74, 6) is 0.329. The van der Waals surface area contributed by atoms with Crippen LogP contribution in [0.1, 0.15) is 15.9 Å². The summed E-state index contributed by atoms with van der Waals surface area (Å²) in [5.41, 5.74) is 1.56.